The summed E-state index contributed by atoms with van der Waals surface area (Å²) in [7, 11) is 0. The van der Waals surface area contributed by atoms with Crippen molar-refractivity contribution in [3.05, 3.63) is 33.9 Å². The van der Waals surface area contributed by atoms with Gasteiger partial charge in [-0.15, -0.1) is 0 Å². The zero-order chi connectivity index (χ0) is 17.6. The molecule has 0 spiro atoms. The first-order chi connectivity index (χ1) is 12.0. The maximum absolute atomic E-state index is 12.7. The van der Waals surface area contributed by atoms with Gasteiger partial charge in [0.25, 0.3) is 5.91 Å². The monoisotopic (exact) mass is 380 g/mol. The van der Waals surface area contributed by atoms with Gasteiger partial charge in [0.2, 0.25) is 5.91 Å². The number of fused-ring (bicyclic) bond motifs is 1. The summed E-state index contributed by atoms with van der Waals surface area (Å²) in [6.45, 7) is 3.09. The van der Waals surface area contributed by atoms with E-state index in [1.807, 2.05) is 11.0 Å². The molecule has 2 N–H and O–H groups in total. The molecule has 25 heavy (non-hydrogen) atoms. The van der Waals surface area contributed by atoms with Crippen LogP contribution in [0.3, 0.4) is 0 Å². The molecule has 1 aromatic carbocycles. The summed E-state index contributed by atoms with van der Waals surface area (Å²) in [5.74, 6) is 0.0580. The third-order valence-corrected chi connectivity index (χ3v) is 5.74. The molecule has 2 saturated heterocycles. The average Bonchev–Trinajstić information content (AvgIpc) is 3.01. The molecule has 1 aromatic heterocycles. The van der Waals surface area contributed by atoms with Crippen LogP contribution in [0.25, 0.3) is 10.9 Å². The lowest BCUT2D eigenvalue weighted by Crippen LogP contribution is -2.59. The second kappa shape index (κ2) is 6.52. The van der Waals surface area contributed by atoms with Crippen molar-refractivity contribution in [3.63, 3.8) is 0 Å². The Hall–Kier alpha value is -1.76. The molecule has 0 unspecified atom stereocenters. The predicted molar refractivity (Wildman–Crippen MR) is 97.2 cm³/mol. The van der Waals surface area contributed by atoms with E-state index >= 15 is 0 Å². The van der Waals surface area contributed by atoms with E-state index in [2.05, 4.69) is 10.3 Å². The minimum absolute atomic E-state index is 0.0390. The number of nitrogens with one attached hydrogen (secondary N) is 2. The van der Waals surface area contributed by atoms with Crippen LogP contribution >= 0.6 is 23.2 Å². The Morgan fingerprint density at radius 3 is 2.40 bits per heavy atom. The van der Waals surface area contributed by atoms with Crippen molar-refractivity contribution in [2.24, 2.45) is 0 Å². The summed E-state index contributed by atoms with van der Waals surface area (Å²) in [5, 5.41) is 4.77. The number of carbonyl (C=O) groups is 2. The first-order valence-corrected chi connectivity index (χ1v) is 9.08. The van der Waals surface area contributed by atoms with Crippen LogP contribution in [0, 0.1) is 0 Å². The summed E-state index contributed by atoms with van der Waals surface area (Å²) in [4.78, 5) is 31.7. The van der Waals surface area contributed by atoms with Gasteiger partial charge in [-0.05, 0) is 31.2 Å². The van der Waals surface area contributed by atoms with Gasteiger partial charge in [-0.25, -0.2) is 0 Å². The topological polar surface area (TPSA) is 68.4 Å². The van der Waals surface area contributed by atoms with Crippen molar-refractivity contribution >= 4 is 45.9 Å². The molecule has 2 amide bonds. The Kier molecular flexibility index (Phi) is 4.35. The van der Waals surface area contributed by atoms with Crippen LogP contribution in [0.2, 0.25) is 10.0 Å². The number of halogens is 2. The molecule has 6 nitrogen and oxygen atoms in total. The number of nitrogens with zero attached hydrogens (tertiary/aromatic N) is 2. The zero-order valence-corrected chi connectivity index (χ0v) is 15.0. The Bertz CT molecular complexity index is 839. The molecule has 2 aromatic rings. The van der Waals surface area contributed by atoms with E-state index in [0.29, 0.717) is 41.9 Å². The van der Waals surface area contributed by atoms with Gasteiger partial charge in [-0.2, -0.15) is 0 Å². The van der Waals surface area contributed by atoms with Gasteiger partial charge < -0.3 is 20.1 Å². The number of piperazine rings is 1. The van der Waals surface area contributed by atoms with E-state index < -0.39 is 0 Å². The molecular weight excluding hydrogens is 363 g/mol. The Labute approximate surface area is 155 Å². The number of hydrogen-bond donors (Lipinski definition) is 2. The third-order valence-electron chi connectivity index (χ3n) is 4.92. The Balaban J connectivity index is 1.45. The number of aromatic amines is 1. The molecule has 1 atom stereocenters. The fraction of sp³-hybridized carbons (Fsp3) is 0.412. The third kappa shape index (κ3) is 2.99. The van der Waals surface area contributed by atoms with Gasteiger partial charge in [-0.1, -0.05) is 23.2 Å². The van der Waals surface area contributed by atoms with E-state index in [9.17, 15) is 9.59 Å². The van der Waals surface area contributed by atoms with Gasteiger partial charge in [0.1, 0.15) is 5.69 Å². The number of amides is 2. The van der Waals surface area contributed by atoms with E-state index in [0.717, 1.165) is 23.9 Å². The van der Waals surface area contributed by atoms with Crippen LogP contribution in [0.5, 0.6) is 0 Å². The summed E-state index contributed by atoms with van der Waals surface area (Å²) < 4.78 is 0. The lowest BCUT2D eigenvalue weighted by molar-refractivity contribution is -0.136. The number of aromatic nitrogens is 1. The fourth-order valence-electron chi connectivity index (χ4n) is 3.28. The Morgan fingerprint density at radius 1 is 1.08 bits per heavy atom. The normalized spacial score (nSPS) is 20.6. The highest BCUT2D eigenvalue weighted by molar-refractivity contribution is 6.45. The minimum atomic E-state index is -0.0859. The molecule has 0 aliphatic carbocycles. The lowest BCUT2D eigenvalue weighted by Gasteiger charge is -2.38. The molecule has 4 rings (SSSR count). The second-order valence-electron chi connectivity index (χ2n) is 6.42. The van der Waals surface area contributed by atoms with Crippen LogP contribution in [0.1, 0.15) is 16.9 Å². The molecular formula is C17H18Cl2N4O2. The average molecular weight is 381 g/mol. The number of hydrogen-bond acceptors (Lipinski definition) is 3. The first-order valence-electron chi connectivity index (χ1n) is 8.33. The highest BCUT2D eigenvalue weighted by Gasteiger charge is 2.32. The van der Waals surface area contributed by atoms with Gasteiger partial charge in [0.05, 0.1) is 16.1 Å². The van der Waals surface area contributed by atoms with Crippen molar-refractivity contribution < 1.29 is 9.59 Å². The standard InChI is InChI=1S/C17H18Cl2N4O2/c18-11-1-2-12-10(15(11)19)9-14(21-12)17(25)23-7-5-22(6-8-23)16(24)13-3-4-20-13/h1-2,9,13,20-21H,3-8H2/t13-/m0/s1. The molecule has 8 heteroatoms. The van der Waals surface area contributed by atoms with Crippen molar-refractivity contribution in [1.29, 1.82) is 0 Å². The SMILES string of the molecule is O=C(c1cc2c(Cl)c(Cl)ccc2[nH]1)N1CCN(C(=O)[C@@H]2CCN2)CC1. The quantitative estimate of drug-likeness (QED) is 0.838. The van der Waals surface area contributed by atoms with Crippen molar-refractivity contribution in [1.82, 2.24) is 20.1 Å². The molecule has 0 bridgehead atoms. The lowest BCUT2D eigenvalue weighted by atomic mass is 10.1. The molecule has 3 heterocycles. The number of carbonyl (C=O) groups excluding carboxylic acids is 2. The molecule has 0 saturated carbocycles. The van der Waals surface area contributed by atoms with Crippen molar-refractivity contribution in [3.8, 4) is 0 Å². The first kappa shape index (κ1) is 16.7. The van der Waals surface area contributed by atoms with Gasteiger partial charge in [0.15, 0.2) is 0 Å². The fourth-order valence-corrected chi connectivity index (χ4v) is 3.66. The highest BCUT2D eigenvalue weighted by atomic mass is 35.5. The number of rotatable bonds is 2. The van der Waals surface area contributed by atoms with Crippen LogP contribution < -0.4 is 5.32 Å². The zero-order valence-electron chi connectivity index (χ0n) is 13.5. The van der Waals surface area contributed by atoms with Gasteiger partial charge >= 0.3 is 0 Å². The Morgan fingerprint density at radius 2 is 1.76 bits per heavy atom. The molecule has 2 aliphatic heterocycles. The van der Waals surface area contributed by atoms with Gasteiger partial charge in [0, 0.05) is 37.1 Å². The highest BCUT2D eigenvalue weighted by Crippen LogP contribution is 2.31. The second-order valence-corrected chi connectivity index (χ2v) is 7.20. The summed E-state index contributed by atoms with van der Waals surface area (Å²) in [6.07, 6.45) is 0.899. The van der Waals surface area contributed by atoms with Crippen LogP contribution in [-0.2, 0) is 4.79 Å². The van der Waals surface area contributed by atoms with E-state index in [4.69, 9.17) is 23.2 Å². The predicted octanol–water partition coefficient (Wildman–Crippen LogP) is 2.12. The summed E-state index contributed by atoms with van der Waals surface area (Å²) in [5.41, 5.74) is 1.27. The molecule has 132 valence electrons. The van der Waals surface area contributed by atoms with Crippen molar-refractivity contribution in [2.75, 3.05) is 32.7 Å². The van der Waals surface area contributed by atoms with Crippen molar-refractivity contribution in [2.45, 2.75) is 12.5 Å². The summed E-state index contributed by atoms with van der Waals surface area (Å²) >= 11 is 12.2. The largest absolute Gasteiger partial charge is 0.350 e. The van der Waals surface area contributed by atoms with Crippen LogP contribution in [0.4, 0.5) is 0 Å². The smallest absolute Gasteiger partial charge is 0.270 e. The van der Waals surface area contributed by atoms with E-state index in [1.165, 1.54) is 0 Å². The van der Waals surface area contributed by atoms with Crippen LogP contribution in [0.15, 0.2) is 18.2 Å². The molecule has 2 aliphatic rings. The number of benzene rings is 1. The van der Waals surface area contributed by atoms with Gasteiger partial charge in [-0.3, -0.25) is 9.59 Å². The van der Waals surface area contributed by atoms with E-state index in [1.54, 1.807) is 17.0 Å². The summed E-state index contributed by atoms with van der Waals surface area (Å²) in [6, 6.07) is 5.21. The maximum Gasteiger partial charge on any atom is 0.270 e. The molecule has 0 radical (unpaired) electrons. The minimum Gasteiger partial charge on any atom is -0.350 e. The van der Waals surface area contributed by atoms with E-state index in [-0.39, 0.29) is 17.9 Å². The maximum atomic E-state index is 12.7. The van der Waals surface area contributed by atoms with Crippen LogP contribution in [-0.4, -0.2) is 65.4 Å². The molecule has 2 fully saturated rings. The number of H-pyrrole nitrogens is 1.